The normalized spacial score (nSPS) is 23.0. The summed E-state index contributed by atoms with van der Waals surface area (Å²) in [6.45, 7) is 0. The maximum atomic E-state index is 11.6. The van der Waals surface area contributed by atoms with Crippen molar-refractivity contribution in [1.29, 1.82) is 0 Å². The van der Waals surface area contributed by atoms with E-state index >= 15 is 0 Å². The van der Waals surface area contributed by atoms with Crippen molar-refractivity contribution in [1.82, 2.24) is 19.5 Å². The van der Waals surface area contributed by atoms with Crippen molar-refractivity contribution < 1.29 is 19.1 Å². The molecule has 114 valence electrons. The summed E-state index contributed by atoms with van der Waals surface area (Å²) < 4.78 is 18.0. The van der Waals surface area contributed by atoms with E-state index < -0.39 is 13.9 Å². The Morgan fingerprint density at radius 3 is 3.00 bits per heavy atom. The highest BCUT2D eigenvalue weighted by Crippen LogP contribution is 2.39. The molecule has 21 heavy (non-hydrogen) atoms. The smallest absolute Gasteiger partial charge is 0.350 e. The molecule has 1 aliphatic rings. The number of ether oxygens (including phenoxy) is 1. The van der Waals surface area contributed by atoms with Crippen LogP contribution in [0.5, 0.6) is 0 Å². The Hall–Kier alpha value is -1.54. The fourth-order valence-corrected chi connectivity index (χ4v) is 3.10. The van der Waals surface area contributed by atoms with Crippen LogP contribution in [-0.4, -0.2) is 41.8 Å². The highest BCUT2D eigenvalue weighted by atomic mass is 31.2. The van der Waals surface area contributed by atoms with Gasteiger partial charge < -0.3 is 24.1 Å². The minimum absolute atomic E-state index is 0.129. The standard InChI is InChI=1S/C11H15N4O5P/c16-11-9-10(12-4-13-11)15(5-14-9)7-2-1-3-8(7)20-6-21(17,18)19/h4-5,7-8H,1-3,6H2,(H,12,13,16)(H2,17,18,19)/t7-,8-/m1/s1. The first-order valence-corrected chi connectivity index (χ1v) is 8.32. The van der Waals surface area contributed by atoms with E-state index in [1.807, 2.05) is 0 Å². The Morgan fingerprint density at radius 2 is 2.24 bits per heavy atom. The van der Waals surface area contributed by atoms with E-state index in [1.165, 1.54) is 12.7 Å². The zero-order chi connectivity index (χ0) is 15.0. The summed E-state index contributed by atoms with van der Waals surface area (Å²) in [5.41, 5.74) is 0.387. The molecule has 2 aromatic heterocycles. The highest BCUT2D eigenvalue weighted by Gasteiger charge is 2.32. The highest BCUT2D eigenvalue weighted by molar-refractivity contribution is 7.51. The van der Waals surface area contributed by atoms with Gasteiger partial charge in [-0.05, 0) is 19.3 Å². The van der Waals surface area contributed by atoms with Crippen LogP contribution in [0.4, 0.5) is 0 Å². The minimum Gasteiger partial charge on any atom is -0.363 e. The molecule has 3 rings (SSSR count). The molecule has 2 heterocycles. The fourth-order valence-electron chi connectivity index (χ4n) is 2.72. The Labute approximate surface area is 119 Å². The molecular weight excluding hydrogens is 299 g/mol. The van der Waals surface area contributed by atoms with E-state index in [0.717, 1.165) is 12.8 Å². The van der Waals surface area contributed by atoms with Crippen LogP contribution in [0, 0.1) is 0 Å². The summed E-state index contributed by atoms with van der Waals surface area (Å²) in [6.07, 6.45) is 4.27. The van der Waals surface area contributed by atoms with Crippen molar-refractivity contribution in [2.75, 3.05) is 6.35 Å². The number of fused-ring (bicyclic) bond motifs is 1. The second-order valence-corrected chi connectivity index (χ2v) is 6.64. The number of hydrogen-bond acceptors (Lipinski definition) is 5. The van der Waals surface area contributed by atoms with Gasteiger partial charge in [-0.2, -0.15) is 0 Å². The van der Waals surface area contributed by atoms with Crippen LogP contribution >= 0.6 is 7.60 Å². The molecule has 0 bridgehead atoms. The predicted molar refractivity (Wildman–Crippen MR) is 72.8 cm³/mol. The molecule has 0 spiro atoms. The summed E-state index contributed by atoms with van der Waals surface area (Å²) in [4.78, 5) is 40.1. The largest absolute Gasteiger partial charge is 0.363 e. The first-order chi connectivity index (χ1) is 9.96. The quantitative estimate of drug-likeness (QED) is 0.695. The van der Waals surface area contributed by atoms with Crippen molar-refractivity contribution in [3.8, 4) is 0 Å². The van der Waals surface area contributed by atoms with Crippen molar-refractivity contribution in [2.45, 2.75) is 31.4 Å². The molecule has 9 nitrogen and oxygen atoms in total. The Balaban J connectivity index is 1.89. The number of imidazole rings is 1. The van der Waals surface area contributed by atoms with Gasteiger partial charge in [-0.1, -0.05) is 0 Å². The van der Waals surface area contributed by atoms with E-state index in [4.69, 9.17) is 14.5 Å². The van der Waals surface area contributed by atoms with Crippen molar-refractivity contribution in [3.63, 3.8) is 0 Å². The van der Waals surface area contributed by atoms with Gasteiger partial charge in [0, 0.05) is 0 Å². The first kappa shape index (κ1) is 14.4. The summed E-state index contributed by atoms with van der Waals surface area (Å²) in [5, 5.41) is 0. The molecule has 3 N–H and O–H groups in total. The Morgan fingerprint density at radius 1 is 1.43 bits per heavy atom. The molecule has 2 aromatic rings. The van der Waals surface area contributed by atoms with E-state index in [0.29, 0.717) is 12.1 Å². The second-order valence-electron chi connectivity index (χ2n) is 5.05. The molecule has 0 aliphatic heterocycles. The van der Waals surface area contributed by atoms with E-state index in [9.17, 15) is 9.36 Å². The van der Waals surface area contributed by atoms with Gasteiger partial charge in [0.15, 0.2) is 11.2 Å². The van der Waals surface area contributed by atoms with Crippen molar-refractivity contribution in [2.24, 2.45) is 0 Å². The number of aromatic nitrogens is 4. The van der Waals surface area contributed by atoms with Crippen LogP contribution in [0.25, 0.3) is 11.2 Å². The van der Waals surface area contributed by atoms with Gasteiger partial charge in [0.2, 0.25) is 0 Å². The topological polar surface area (TPSA) is 130 Å². The van der Waals surface area contributed by atoms with Crippen LogP contribution in [0.1, 0.15) is 25.3 Å². The summed E-state index contributed by atoms with van der Waals surface area (Å²) >= 11 is 0. The molecule has 0 aromatic carbocycles. The third kappa shape index (κ3) is 2.91. The van der Waals surface area contributed by atoms with Gasteiger partial charge in [-0.15, -0.1) is 0 Å². The number of hydrogen-bond donors (Lipinski definition) is 3. The number of aromatic amines is 1. The summed E-state index contributed by atoms with van der Waals surface area (Å²) in [7, 11) is -4.20. The summed E-state index contributed by atoms with van der Waals surface area (Å²) in [5.74, 6) is 0. The first-order valence-electron chi connectivity index (χ1n) is 6.52. The lowest BCUT2D eigenvalue weighted by Gasteiger charge is -2.21. The fraction of sp³-hybridized carbons (Fsp3) is 0.545. The number of H-pyrrole nitrogens is 1. The third-order valence-corrected chi connectivity index (χ3v) is 4.08. The van der Waals surface area contributed by atoms with Gasteiger partial charge in [0.05, 0.1) is 24.8 Å². The number of nitrogens with zero attached hydrogens (tertiary/aromatic N) is 3. The van der Waals surface area contributed by atoms with E-state index in [2.05, 4.69) is 15.0 Å². The molecule has 0 amide bonds. The van der Waals surface area contributed by atoms with Gasteiger partial charge in [-0.3, -0.25) is 9.36 Å². The number of rotatable bonds is 4. The predicted octanol–water partition coefficient (Wildman–Crippen LogP) is 0.365. The average Bonchev–Trinajstić information content (AvgIpc) is 3.01. The van der Waals surface area contributed by atoms with Crippen LogP contribution in [0.15, 0.2) is 17.4 Å². The lowest BCUT2D eigenvalue weighted by Crippen LogP contribution is -2.22. The zero-order valence-electron chi connectivity index (χ0n) is 11.0. The van der Waals surface area contributed by atoms with Crippen LogP contribution < -0.4 is 5.56 Å². The molecule has 1 aliphatic carbocycles. The van der Waals surface area contributed by atoms with Crippen molar-refractivity contribution >= 4 is 18.8 Å². The number of nitrogens with one attached hydrogen (secondary N) is 1. The molecule has 0 radical (unpaired) electrons. The second kappa shape index (κ2) is 5.34. The zero-order valence-corrected chi connectivity index (χ0v) is 11.9. The van der Waals surface area contributed by atoms with Crippen LogP contribution in [-0.2, 0) is 9.30 Å². The van der Waals surface area contributed by atoms with Gasteiger partial charge in [-0.25, -0.2) is 9.97 Å². The Kier molecular flexibility index (Phi) is 3.66. The molecule has 10 heteroatoms. The van der Waals surface area contributed by atoms with Crippen LogP contribution in [0.3, 0.4) is 0 Å². The minimum atomic E-state index is -4.20. The molecule has 0 unspecified atom stereocenters. The monoisotopic (exact) mass is 314 g/mol. The van der Waals surface area contributed by atoms with Crippen LogP contribution in [0.2, 0.25) is 0 Å². The molecular formula is C11H15N4O5P. The van der Waals surface area contributed by atoms with Gasteiger partial charge in [0.1, 0.15) is 6.35 Å². The van der Waals surface area contributed by atoms with Crippen molar-refractivity contribution in [3.05, 3.63) is 23.0 Å². The molecule has 0 saturated heterocycles. The lowest BCUT2D eigenvalue weighted by molar-refractivity contribution is 0.0522. The molecule has 2 atom stereocenters. The van der Waals surface area contributed by atoms with Gasteiger partial charge in [0.25, 0.3) is 5.56 Å². The molecule has 1 saturated carbocycles. The molecule has 1 fully saturated rings. The van der Waals surface area contributed by atoms with E-state index in [1.54, 1.807) is 4.57 Å². The summed E-state index contributed by atoms with van der Waals surface area (Å²) in [6, 6.07) is -0.129. The lowest BCUT2D eigenvalue weighted by atomic mass is 10.2. The maximum absolute atomic E-state index is 11.6. The third-order valence-electron chi connectivity index (χ3n) is 3.60. The van der Waals surface area contributed by atoms with E-state index in [-0.39, 0.29) is 23.2 Å². The maximum Gasteiger partial charge on any atom is 0.350 e. The average molecular weight is 314 g/mol. The van der Waals surface area contributed by atoms with Gasteiger partial charge >= 0.3 is 7.60 Å². The SMILES string of the molecule is O=c1[nH]cnc2c1ncn2[C@@H]1CCC[C@H]1OCP(=O)(O)O. The Bertz CT molecular complexity index is 750.